The molecule has 0 aliphatic heterocycles. The van der Waals surface area contributed by atoms with Crippen LogP contribution in [0.2, 0.25) is 0 Å². The van der Waals surface area contributed by atoms with E-state index < -0.39 is 0 Å². The van der Waals surface area contributed by atoms with Crippen LogP contribution in [-0.2, 0) is 0 Å². The van der Waals surface area contributed by atoms with Crippen molar-refractivity contribution in [3.05, 3.63) is 194 Å². The van der Waals surface area contributed by atoms with Crippen LogP contribution in [0.25, 0.3) is 106 Å². The maximum Gasteiger partial charge on any atom is 0.213 e. The molecule has 0 saturated carbocycles. The van der Waals surface area contributed by atoms with Crippen LogP contribution in [0.5, 0.6) is 0 Å². The van der Waals surface area contributed by atoms with Crippen LogP contribution < -0.4 is 0 Å². The summed E-state index contributed by atoms with van der Waals surface area (Å²) in [5.74, 6) is 0.705. The number of rotatable bonds is 6. The summed E-state index contributed by atoms with van der Waals surface area (Å²) in [6.07, 6.45) is 0. The van der Waals surface area contributed by atoms with Crippen molar-refractivity contribution in [2.45, 2.75) is 0 Å². The SMILES string of the molecule is c1ccc(-c2cc(-c3ccc(-c4ccc(-c5nc6ccccc6c6c5oc5c6c6ccccc6n5-c5ccccc5)cc4)cc3)nc(-c3ccccc3)n2)cc1. The highest BCUT2D eigenvalue weighted by Gasteiger charge is 2.24. The highest BCUT2D eigenvalue weighted by atomic mass is 16.3. The first-order chi connectivity index (χ1) is 27.8. The smallest absolute Gasteiger partial charge is 0.213 e. The van der Waals surface area contributed by atoms with Gasteiger partial charge in [0, 0.05) is 44.1 Å². The fraction of sp³-hybridized carbons (Fsp3) is 0. The molecule has 11 aromatic rings. The largest absolute Gasteiger partial charge is 0.437 e. The monoisotopic (exact) mass is 716 g/mol. The summed E-state index contributed by atoms with van der Waals surface area (Å²) < 4.78 is 9.17. The van der Waals surface area contributed by atoms with E-state index >= 15 is 0 Å². The van der Waals surface area contributed by atoms with E-state index in [1.807, 2.05) is 42.5 Å². The van der Waals surface area contributed by atoms with E-state index in [0.717, 1.165) is 100 Å². The van der Waals surface area contributed by atoms with Gasteiger partial charge in [0.1, 0.15) is 5.69 Å². The van der Waals surface area contributed by atoms with Crippen LogP contribution in [0, 0.1) is 0 Å². The minimum absolute atomic E-state index is 0.705. The first-order valence-corrected chi connectivity index (χ1v) is 18.8. The minimum Gasteiger partial charge on any atom is -0.437 e. The Kier molecular flexibility index (Phi) is 7.42. The number of pyridine rings is 1. The zero-order valence-electron chi connectivity index (χ0n) is 30.2. The third-order valence-electron chi connectivity index (χ3n) is 10.6. The second-order valence-electron chi connectivity index (χ2n) is 14.0. The fourth-order valence-electron chi connectivity index (χ4n) is 7.94. The lowest BCUT2D eigenvalue weighted by Gasteiger charge is -2.10. The Balaban J connectivity index is 0.996. The quantitative estimate of drug-likeness (QED) is 0.172. The first kappa shape index (κ1) is 31.9. The number of fused-ring (bicyclic) bond motifs is 7. The second-order valence-corrected chi connectivity index (χ2v) is 14.0. The molecule has 262 valence electrons. The van der Waals surface area contributed by atoms with E-state index in [1.165, 1.54) is 0 Å². The predicted molar refractivity (Wildman–Crippen MR) is 229 cm³/mol. The van der Waals surface area contributed by atoms with E-state index in [9.17, 15) is 0 Å². The Morgan fingerprint density at radius 2 is 0.911 bits per heavy atom. The summed E-state index contributed by atoms with van der Waals surface area (Å²) in [4.78, 5) is 15.2. The van der Waals surface area contributed by atoms with Crippen LogP contribution >= 0.6 is 0 Å². The highest BCUT2D eigenvalue weighted by Crippen LogP contribution is 2.44. The molecule has 0 atom stereocenters. The van der Waals surface area contributed by atoms with Gasteiger partial charge in [-0.15, -0.1) is 0 Å². The van der Waals surface area contributed by atoms with Crippen molar-refractivity contribution in [3.8, 4) is 62.0 Å². The average Bonchev–Trinajstić information content (AvgIpc) is 3.82. The van der Waals surface area contributed by atoms with Crippen molar-refractivity contribution in [2.75, 3.05) is 0 Å². The van der Waals surface area contributed by atoms with Gasteiger partial charge in [-0.1, -0.05) is 164 Å². The Hall–Kier alpha value is -7.63. The zero-order chi connectivity index (χ0) is 37.0. The molecule has 5 nitrogen and oxygen atoms in total. The standard InChI is InChI=1S/C51H32N4O/c1-4-14-35(15-5-1)43-32-44(54-50(53-43)38-16-6-2-7-17-38)36-28-24-33(25-29-36)34-26-30-37(31-27-34)48-49-46(40-20-10-12-22-42(40)52-48)47-41-21-11-13-23-45(41)55(51(47)56-49)39-18-8-3-9-19-39/h1-32H. The Labute approximate surface area is 322 Å². The molecule has 0 unspecified atom stereocenters. The molecule has 0 aliphatic rings. The number of aromatic nitrogens is 4. The van der Waals surface area contributed by atoms with Crippen LogP contribution in [0.15, 0.2) is 199 Å². The lowest BCUT2D eigenvalue weighted by Crippen LogP contribution is -1.95. The summed E-state index contributed by atoms with van der Waals surface area (Å²) in [6, 6.07) is 67.1. The highest BCUT2D eigenvalue weighted by molar-refractivity contribution is 6.28. The van der Waals surface area contributed by atoms with Gasteiger partial charge < -0.3 is 4.42 Å². The predicted octanol–water partition coefficient (Wildman–Crippen LogP) is 13.2. The maximum atomic E-state index is 6.95. The zero-order valence-corrected chi connectivity index (χ0v) is 30.2. The number of hydrogen-bond acceptors (Lipinski definition) is 4. The number of hydrogen-bond donors (Lipinski definition) is 0. The van der Waals surface area contributed by atoms with Crippen molar-refractivity contribution in [1.82, 2.24) is 19.5 Å². The summed E-state index contributed by atoms with van der Waals surface area (Å²) in [7, 11) is 0. The second kappa shape index (κ2) is 13.0. The maximum absolute atomic E-state index is 6.95. The van der Waals surface area contributed by atoms with Crippen molar-refractivity contribution in [3.63, 3.8) is 0 Å². The van der Waals surface area contributed by atoms with E-state index in [2.05, 4.69) is 156 Å². The average molecular weight is 717 g/mol. The van der Waals surface area contributed by atoms with Crippen molar-refractivity contribution >= 4 is 43.9 Å². The van der Waals surface area contributed by atoms with Crippen LogP contribution in [0.1, 0.15) is 0 Å². The molecule has 11 rings (SSSR count). The molecule has 0 amide bonds. The van der Waals surface area contributed by atoms with Crippen molar-refractivity contribution in [1.29, 1.82) is 0 Å². The molecular weight excluding hydrogens is 685 g/mol. The van der Waals surface area contributed by atoms with Gasteiger partial charge in [-0.3, -0.25) is 4.57 Å². The normalized spacial score (nSPS) is 11.6. The summed E-state index contributed by atoms with van der Waals surface area (Å²) >= 11 is 0. The van der Waals surface area contributed by atoms with Gasteiger partial charge in [0.15, 0.2) is 11.4 Å². The number of para-hydroxylation sites is 3. The molecule has 7 aromatic carbocycles. The minimum atomic E-state index is 0.705. The molecule has 4 heterocycles. The van der Waals surface area contributed by atoms with Crippen molar-refractivity contribution in [2.24, 2.45) is 0 Å². The summed E-state index contributed by atoms with van der Waals surface area (Å²) in [6.45, 7) is 0. The molecule has 0 aliphatic carbocycles. The number of benzene rings is 7. The molecule has 0 radical (unpaired) electrons. The Bertz CT molecular complexity index is 3150. The van der Waals surface area contributed by atoms with E-state index in [0.29, 0.717) is 5.82 Å². The molecule has 0 fully saturated rings. The van der Waals surface area contributed by atoms with Crippen LogP contribution in [0.4, 0.5) is 0 Å². The Morgan fingerprint density at radius 3 is 1.59 bits per heavy atom. The van der Waals surface area contributed by atoms with Crippen LogP contribution in [-0.4, -0.2) is 19.5 Å². The number of furan rings is 1. The molecule has 0 saturated heterocycles. The van der Waals surface area contributed by atoms with E-state index in [4.69, 9.17) is 19.4 Å². The summed E-state index contributed by atoms with van der Waals surface area (Å²) in [5.41, 5.74) is 13.6. The fourth-order valence-corrected chi connectivity index (χ4v) is 7.94. The van der Waals surface area contributed by atoms with E-state index in [-0.39, 0.29) is 0 Å². The van der Waals surface area contributed by atoms with Gasteiger partial charge in [-0.05, 0) is 41.5 Å². The molecular formula is C51H32N4O. The third-order valence-corrected chi connectivity index (χ3v) is 10.6. The van der Waals surface area contributed by atoms with Gasteiger partial charge in [-0.25, -0.2) is 15.0 Å². The van der Waals surface area contributed by atoms with Gasteiger partial charge in [0.05, 0.1) is 27.8 Å². The Morgan fingerprint density at radius 1 is 0.393 bits per heavy atom. The van der Waals surface area contributed by atoms with Crippen molar-refractivity contribution < 1.29 is 4.42 Å². The lowest BCUT2D eigenvalue weighted by molar-refractivity contribution is 0.645. The van der Waals surface area contributed by atoms with E-state index in [1.54, 1.807) is 0 Å². The number of nitrogens with zero attached hydrogens (tertiary/aromatic N) is 4. The molecule has 0 bridgehead atoms. The molecule has 5 heteroatoms. The van der Waals surface area contributed by atoms with Gasteiger partial charge in [0.2, 0.25) is 5.71 Å². The van der Waals surface area contributed by atoms with Gasteiger partial charge in [-0.2, -0.15) is 0 Å². The summed E-state index contributed by atoms with van der Waals surface area (Å²) in [5, 5.41) is 4.42. The molecule has 0 N–H and O–H groups in total. The van der Waals surface area contributed by atoms with Gasteiger partial charge >= 0.3 is 0 Å². The molecule has 4 aromatic heterocycles. The molecule has 0 spiro atoms. The first-order valence-electron chi connectivity index (χ1n) is 18.8. The lowest BCUT2D eigenvalue weighted by atomic mass is 9.99. The van der Waals surface area contributed by atoms with Gasteiger partial charge in [0.25, 0.3) is 0 Å². The topological polar surface area (TPSA) is 56.7 Å². The third kappa shape index (κ3) is 5.29. The van der Waals surface area contributed by atoms with Crippen LogP contribution in [0.3, 0.4) is 0 Å². The molecule has 56 heavy (non-hydrogen) atoms.